The second-order valence-corrected chi connectivity index (χ2v) is 6.71. The second kappa shape index (κ2) is 6.63. The molecule has 0 saturated heterocycles. The van der Waals surface area contributed by atoms with Crippen LogP contribution in [0.4, 0.5) is 0 Å². The number of halogens is 2. The smallest absolute Gasteiger partial charge is 0.0439 e. The van der Waals surface area contributed by atoms with Gasteiger partial charge in [0.05, 0.1) is 0 Å². The van der Waals surface area contributed by atoms with Gasteiger partial charge >= 0.3 is 0 Å². The zero-order valence-electron chi connectivity index (χ0n) is 12.1. The van der Waals surface area contributed by atoms with Crippen LogP contribution in [0.1, 0.15) is 31.2 Å². The first-order valence-electron chi connectivity index (χ1n) is 7.07. The molecule has 0 spiro atoms. The van der Waals surface area contributed by atoms with Crippen LogP contribution in [0.15, 0.2) is 18.2 Å². The lowest BCUT2D eigenvalue weighted by Gasteiger charge is -2.43. The number of nitrogens with zero attached hydrogens (tertiary/aromatic N) is 1. The van der Waals surface area contributed by atoms with Gasteiger partial charge in [0.1, 0.15) is 0 Å². The predicted octanol–water partition coefficient (Wildman–Crippen LogP) is 3.24. The number of rotatable bonds is 5. The topological polar surface area (TPSA) is 41.3 Å². The summed E-state index contributed by atoms with van der Waals surface area (Å²) in [5.41, 5.74) is 4.17. The van der Waals surface area contributed by atoms with E-state index in [2.05, 4.69) is 24.4 Å². The van der Waals surface area contributed by atoms with Crippen LogP contribution in [0.3, 0.4) is 0 Å². The van der Waals surface area contributed by atoms with Crippen molar-refractivity contribution < 1.29 is 0 Å². The van der Waals surface area contributed by atoms with Crippen molar-refractivity contribution in [3.63, 3.8) is 0 Å². The molecule has 1 aromatic carbocycles. The maximum Gasteiger partial charge on any atom is 0.0439 e. The molecule has 1 aliphatic rings. The largest absolute Gasteiger partial charge is 0.302 e. The minimum absolute atomic E-state index is 0.0976. The molecule has 0 bridgehead atoms. The Morgan fingerprint density at radius 2 is 1.95 bits per heavy atom. The van der Waals surface area contributed by atoms with Gasteiger partial charge in [-0.15, -0.1) is 0 Å². The van der Waals surface area contributed by atoms with Gasteiger partial charge in [-0.1, -0.05) is 36.0 Å². The van der Waals surface area contributed by atoms with E-state index < -0.39 is 0 Å². The molecule has 2 rings (SSSR count). The van der Waals surface area contributed by atoms with E-state index >= 15 is 0 Å². The van der Waals surface area contributed by atoms with Crippen LogP contribution < -0.4 is 11.3 Å². The van der Waals surface area contributed by atoms with Crippen LogP contribution in [-0.4, -0.2) is 30.6 Å². The van der Waals surface area contributed by atoms with Crippen molar-refractivity contribution in [2.75, 3.05) is 14.1 Å². The maximum atomic E-state index is 6.29. The summed E-state index contributed by atoms with van der Waals surface area (Å²) >= 11 is 12.4. The van der Waals surface area contributed by atoms with Crippen molar-refractivity contribution >= 4 is 23.2 Å². The van der Waals surface area contributed by atoms with Gasteiger partial charge in [0, 0.05) is 21.6 Å². The van der Waals surface area contributed by atoms with Crippen LogP contribution in [0, 0.1) is 0 Å². The second-order valence-electron chi connectivity index (χ2n) is 5.86. The molecule has 1 unspecified atom stereocenters. The first kappa shape index (κ1) is 16.1. The molecule has 1 aliphatic carbocycles. The highest BCUT2D eigenvalue weighted by Crippen LogP contribution is 2.38. The number of hydrogen-bond acceptors (Lipinski definition) is 3. The lowest BCUT2D eigenvalue weighted by Crippen LogP contribution is -2.60. The monoisotopic (exact) mass is 315 g/mol. The van der Waals surface area contributed by atoms with Crippen molar-refractivity contribution in [3.05, 3.63) is 33.8 Å². The van der Waals surface area contributed by atoms with Gasteiger partial charge in [-0.25, -0.2) is 0 Å². The van der Waals surface area contributed by atoms with E-state index in [1.54, 1.807) is 0 Å². The quantitative estimate of drug-likeness (QED) is 0.647. The normalized spacial score (nSPS) is 19.5. The van der Waals surface area contributed by atoms with Crippen LogP contribution in [-0.2, 0) is 6.42 Å². The van der Waals surface area contributed by atoms with E-state index in [4.69, 9.17) is 29.0 Å². The van der Waals surface area contributed by atoms with Crippen LogP contribution in [0.2, 0.25) is 10.0 Å². The van der Waals surface area contributed by atoms with Crippen molar-refractivity contribution in [2.45, 2.75) is 43.7 Å². The van der Waals surface area contributed by atoms with E-state index in [-0.39, 0.29) is 11.6 Å². The SMILES string of the molecule is CN(C)C1(C(Cc2cc(Cl)ccc2Cl)NN)CCCC1. The molecule has 20 heavy (non-hydrogen) atoms. The molecular weight excluding hydrogens is 293 g/mol. The summed E-state index contributed by atoms with van der Waals surface area (Å²) in [6, 6.07) is 5.77. The third-order valence-corrected chi connectivity index (χ3v) is 5.25. The Hall–Kier alpha value is -0.320. The average molecular weight is 316 g/mol. The van der Waals surface area contributed by atoms with Crippen molar-refractivity contribution in [1.82, 2.24) is 10.3 Å². The highest BCUT2D eigenvalue weighted by atomic mass is 35.5. The Morgan fingerprint density at radius 3 is 2.50 bits per heavy atom. The molecule has 1 aromatic rings. The highest BCUT2D eigenvalue weighted by Gasteiger charge is 2.42. The average Bonchev–Trinajstić information content (AvgIpc) is 2.90. The summed E-state index contributed by atoms with van der Waals surface area (Å²) in [7, 11) is 4.27. The van der Waals surface area contributed by atoms with Crippen molar-refractivity contribution in [3.8, 4) is 0 Å². The molecule has 0 aromatic heterocycles. The zero-order valence-corrected chi connectivity index (χ0v) is 13.6. The molecule has 1 atom stereocenters. The molecule has 0 amide bonds. The summed E-state index contributed by atoms with van der Waals surface area (Å²) in [5.74, 6) is 5.86. The number of benzene rings is 1. The van der Waals surface area contributed by atoms with Gasteiger partial charge in [0.2, 0.25) is 0 Å². The fourth-order valence-electron chi connectivity index (χ4n) is 3.42. The van der Waals surface area contributed by atoms with E-state index in [0.717, 1.165) is 29.8 Å². The molecule has 1 fully saturated rings. The van der Waals surface area contributed by atoms with E-state index in [1.165, 1.54) is 12.8 Å². The third kappa shape index (κ3) is 3.12. The molecular formula is C15H23Cl2N3. The number of nitrogens with one attached hydrogen (secondary N) is 1. The van der Waals surface area contributed by atoms with E-state index in [9.17, 15) is 0 Å². The first-order valence-corrected chi connectivity index (χ1v) is 7.82. The standard InChI is InChI=1S/C15H23Cl2N3/c1-20(2)15(7-3-4-8-15)14(19-18)10-11-9-12(16)5-6-13(11)17/h5-6,9,14,19H,3-4,7-8,10,18H2,1-2H3. The molecule has 3 nitrogen and oxygen atoms in total. The van der Waals surface area contributed by atoms with Crippen molar-refractivity contribution in [1.29, 1.82) is 0 Å². The summed E-state index contributed by atoms with van der Waals surface area (Å²) in [4.78, 5) is 2.31. The Kier molecular flexibility index (Phi) is 5.32. The zero-order chi connectivity index (χ0) is 14.8. The molecule has 0 heterocycles. The number of hydrogen-bond donors (Lipinski definition) is 2. The summed E-state index contributed by atoms with van der Waals surface area (Å²) in [6.45, 7) is 0. The van der Waals surface area contributed by atoms with Gasteiger partial charge in [0.25, 0.3) is 0 Å². The van der Waals surface area contributed by atoms with Crippen LogP contribution in [0.25, 0.3) is 0 Å². The minimum atomic E-state index is 0.0976. The number of nitrogens with two attached hydrogens (primary N) is 1. The van der Waals surface area contributed by atoms with Gasteiger partial charge in [-0.05, 0) is 57.1 Å². The third-order valence-electron chi connectivity index (χ3n) is 4.64. The Morgan fingerprint density at radius 1 is 1.30 bits per heavy atom. The maximum absolute atomic E-state index is 6.29. The highest BCUT2D eigenvalue weighted by molar-refractivity contribution is 6.33. The van der Waals surface area contributed by atoms with Gasteiger partial charge in [-0.3, -0.25) is 11.3 Å². The van der Waals surface area contributed by atoms with Crippen LogP contribution >= 0.6 is 23.2 Å². The summed E-state index contributed by atoms with van der Waals surface area (Å²) in [6.07, 6.45) is 5.60. The molecule has 0 aliphatic heterocycles. The lowest BCUT2D eigenvalue weighted by atomic mass is 9.83. The van der Waals surface area contributed by atoms with Gasteiger partial charge < -0.3 is 4.90 Å². The summed E-state index contributed by atoms with van der Waals surface area (Å²) < 4.78 is 0. The molecule has 5 heteroatoms. The Bertz CT molecular complexity index is 456. The van der Waals surface area contributed by atoms with E-state index in [1.807, 2.05) is 18.2 Å². The number of hydrazine groups is 1. The van der Waals surface area contributed by atoms with Crippen molar-refractivity contribution in [2.24, 2.45) is 5.84 Å². The van der Waals surface area contributed by atoms with Crippen LogP contribution in [0.5, 0.6) is 0 Å². The number of likely N-dealkylation sites (N-methyl/N-ethyl adjacent to an activating group) is 1. The van der Waals surface area contributed by atoms with E-state index in [0.29, 0.717) is 5.02 Å². The minimum Gasteiger partial charge on any atom is -0.302 e. The molecule has 112 valence electrons. The Balaban J connectivity index is 2.26. The summed E-state index contributed by atoms with van der Waals surface area (Å²) in [5, 5.41) is 1.46. The predicted molar refractivity (Wildman–Crippen MR) is 86.2 cm³/mol. The first-order chi connectivity index (χ1) is 9.49. The fourth-order valence-corrected chi connectivity index (χ4v) is 3.81. The Labute approximate surface area is 131 Å². The fraction of sp³-hybridized carbons (Fsp3) is 0.600. The van der Waals surface area contributed by atoms with Gasteiger partial charge in [0.15, 0.2) is 0 Å². The lowest BCUT2D eigenvalue weighted by molar-refractivity contribution is 0.104. The molecule has 0 radical (unpaired) electrons. The molecule has 3 N–H and O–H groups in total. The van der Waals surface area contributed by atoms with Gasteiger partial charge in [-0.2, -0.15) is 0 Å². The molecule has 1 saturated carbocycles.